The summed E-state index contributed by atoms with van der Waals surface area (Å²) in [4.78, 5) is 8.88. The average Bonchev–Trinajstić information content (AvgIpc) is 3.12. The lowest BCUT2D eigenvalue weighted by molar-refractivity contribution is 0.143. The van der Waals surface area contributed by atoms with E-state index in [0.717, 1.165) is 18.1 Å². The Morgan fingerprint density at radius 2 is 2.16 bits per heavy atom. The number of thiophene rings is 1. The van der Waals surface area contributed by atoms with Gasteiger partial charge in [0.2, 0.25) is 5.88 Å². The van der Waals surface area contributed by atoms with Crippen LogP contribution in [0.15, 0.2) is 40.1 Å². The van der Waals surface area contributed by atoms with Gasteiger partial charge in [-0.05, 0) is 35.4 Å². The van der Waals surface area contributed by atoms with E-state index >= 15 is 0 Å². The van der Waals surface area contributed by atoms with Crippen LogP contribution in [0, 0.1) is 0 Å². The molecule has 0 aromatic carbocycles. The van der Waals surface area contributed by atoms with E-state index in [1.54, 1.807) is 24.6 Å². The second-order valence-corrected chi connectivity index (χ2v) is 5.77. The Bertz CT molecular complexity index is 623. The summed E-state index contributed by atoms with van der Waals surface area (Å²) in [5.74, 6) is 1.39. The summed E-state index contributed by atoms with van der Waals surface area (Å²) in [5.41, 5.74) is 2.19. The highest BCUT2D eigenvalue weighted by molar-refractivity contribution is 14.0. The van der Waals surface area contributed by atoms with E-state index in [1.165, 1.54) is 5.56 Å². The van der Waals surface area contributed by atoms with E-state index in [-0.39, 0.29) is 24.0 Å². The molecule has 25 heavy (non-hydrogen) atoms. The third-order valence-corrected chi connectivity index (χ3v) is 3.90. The van der Waals surface area contributed by atoms with E-state index < -0.39 is 0 Å². The van der Waals surface area contributed by atoms with Crippen LogP contribution in [-0.4, -0.2) is 37.8 Å². The number of hydrogen-bond donors (Lipinski definition) is 2. The number of nitrogens with zero attached hydrogens (tertiary/aromatic N) is 2. The van der Waals surface area contributed by atoms with Crippen LogP contribution in [0.5, 0.6) is 5.88 Å². The first-order valence-electron chi connectivity index (χ1n) is 7.92. The van der Waals surface area contributed by atoms with Crippen LogP contribution in [0.4, 0.5) is 0 Å². The molecule has 0 radical (unpaired) electrons. The second kappa shape index (κ2) is 12.9. The minimum Gasteiger partial charge on any atom is -0.475 e. The Morgan fingerprint density at radius 1 is 1.28 bits per heavy atom. The summed E-state index contributed by atoms with van der Waals surface area (Å²) >= 11 is 1.68. The van der Waals surface area contributed by atoms with Crippen molar-refractivity contribution in [3.05, 3.63) is 46.3 Å². The van der Waals surface area contributed by atoms with Gasteiger partial charge >= 0.3 is 0 Å². The first kappa shape index (κ1) is 21.7. The fraction of sp³-hybridized carbons (Fsp3) is 0.412. The van der Waals surface area contributed by atoms with Crippen LogP contribution in [0.3, 0.4) is 0 Å². The average molecular weight is 476 g/mol. The highest BCUT2D eigenvalue weighted by Crippen LogP contribution is 2.14. The van der Waals surface area contributed by atoms with Gasteiger partial charge in [0.1, 0.15) is 6.61 Å². The van der Waals surface area contributed by atoms with Crippen molar-refractivity contribution in [2.24, 2.45) is 4.99 Å². The predicted octanol–water partition coefficient (Wildman–Crippen LogP) is 3.04. The van der Waals surface area contributed by atoms with E-state index in [1.807, 2.05) is 19.1 Å². The lowest BCUT2D eigenvalue weighted by Gasteiger charge is -2.13. The molecule has 2 aromatic heterocycles. The van der Waals surface area contributed by atoms with Crippen LogP contribution >= 0.6 is 35.3 Å². The highest BCUT2D eigenvalue weighted by atomic mass is 127. The van der Waals surface area contributed by atoms with Gasteiger partial charge in [0, 0.05) is 32.0 Å². The van der Waals surface area contributed by atoms with Crippen molar-refractivity contribution >= 4 is 41.3 Å². The standard InChI is InChI=1S/C17H24N4O2S.HI/c1-3-18-17(20-11-14-6-10-24-13-14)21-12-15-5-4-7-19-16(15)23-9-8-22-2;/h4-7,10,13H,3,8-9,11-12H2,1-2H3,(H2,18,20,21);1H. The van der Waals surface area contributed by atoms with Crippen molar-refractivity contribution in [3.8, 4) is 5.88 Å². The Labute approximate surface area is 170 Å². The summed E-state index contributed by atoms with van der Waals surface area (Å²) in [6.07, 6.45) is 1.72. The lowest BCUT2D eigenvalue weighted by Crippen LogP contribution is -2.36. The van der Waals surface area contributed by atoms with Crippen molar-refractivity contribution in [1.29, 1.82) is 0 Å². The summed E-state index contributed by atoms with van der Waals surface area (Å²) in [7, 11) is 1.65. The molecule has 0 saturated carbocycles. The first-order valence-corrected chi connectivity index (χ1v) is 8.86. The van der Waals surface area contributed by atoms with Crippen molar-refractivity contribution in [3.63, 3.8) is 0 Å². The van der Waals surface area contributed by atoms with Crippen molar-refractivity contribution in [2.75, 3.05) is 26.9 Å². The maximum Gasteiger partial charge on any atom is 0.218 e. The largest absolute Gasteiger partial charge is 0.475 e. The molecule has 0 aliphatic carbocycles. The number of aromatic nitrogens is 1. The minimum atomic E-state index is 0. The molecule has 138 valence electrons. The topological polar surface area (TPSA) is 67.8 Å². The van der Waals surface area contributed by atoms with Gasteiger partial charge in [0.05, 0.1) is 13.2 Å². The van der Waals surface area contributed by atoms with Gasteiger partial charge in [0.15, 0.2) is 5.96 Å². The number of ether oxygens (including phenoxy) is 2. The van der Waals surface area contributed by atoms with Gasteiger partial charge in [-0.2, -0.15) is 11.3 Å². The van der Waals surface area contributed by atoms with E-state index in [4.69, 9.17) is 9.47 Å². The van der Waals surface area contributed by atoms with Crippen LogP contribution < -0.4 is 15.4 Å². The van der Waals surface area contributed by atoms with Crippen LogP contribution in [0.2, 0.25) is 0 Å². The fourth-order valence-electron chi connectivity index (χ4n) is 1.98. The normalized spacial score (nSPS) is 10.9. The van der Waals surface area contributed by atoms with Crippen LogP contribution in [-0.2, 0) is 17.8 Å². The molecule has 0 bridgehead atoms. The molecule has 0 saturated heterocycles. The Hall–Kier alpha value is -1.39. The molecule has 2 heterocycles. The second-order valence-electron chi connectivity index (χ2n) is 4.99. The minimum absolute atomic E-state index is 0. The number of guanidine groups is 1. The number of aliphatic imine (C=N–C) groups is 1. The van der Waals surface area contributed by atoms with Gasteiger partial charge in [-0.3, -0.25) is 0 Å². The fourth-order valence-corrected chi connectivity index (χ4v) is 2.64. The molecule has 0 fully saturated rings. The molecule has 0 unspecified atom stereocenters. The van der Waals surface area contributed by atoms with Gasteiger partial charge < -0.3 is 20.1 Å². The SMILES string of the molecule is CCNC(=NCc1ccsc1)NCc1cccnc1OCCOC.I. The molecule has 0 atom stereocenters. The molecular weight excluding hydrogens is 451 g/mol. The quantitative estimate of drug-likeness (QED) is 0.252. The summed E-state index contributed by atoms with van der Waals surface area (Å²) in [5, 5.41) is 10.7. The number of methoxy groups -OCH3 is 1. The molecule has 0 amide bonds. The van der Waals surface area contributed by atoms with Gasteiger partial charge in [-0.25, -0.2) is 9.98 Å². The first-order chi connectivity index (χ1) is 11.8. The number of hydrogen-bond acceptors (Lipinski definition) is 5. The van der Waals surface area contributed by atoms with Crippen molar-refractivity contribution in [2.45, 2.75) is 20.0 Å². The van der Waals surface area contributed by atoms with Crippen molar-refractivity contribution in [1.82, 2.24) is 15.6 Å². The maximum atomic E-state index is 5.65. The molecule has 0 aliphatic heterocycles. The molecule has 0 aliphatic rings. The van der Waals surface area contributed by atoms with Crippen molar-refractivity contribution < 1.29 is 9.47 Å². The summed E-state index contributed by atoms with van der Waals surface area (Å²) < 4.78 is 10.7. The van der Waals surface area contributed by atoms with Gasteiger partial charge in [-0.15, -0.1) is 24.0 Å². The summed E-state index contributed by atoms with van der Waals surface area (Å²) in [6, 6.07) is 5.97. The molecule has 8 heteroatoms. The van der Waals surface area contributed by atoms with Crippen LogP contribution in [0.1, 0.15) is 18.1 Å². The molecular formula is C17H25IN4O2S. The third kappa shape index (κ3) is 8.02. The Balaban J connectivity index is 0.00000312. The van der Waals surface area contributed by atoms with Crippen LogP contribution in [0.25, 0.3) is 0 Å². The zero-order valence-corrected chi connectivity index (χ0v) is 17.7. The number of pyridine rings is 1. The number of rotatable bonds is 9. The third-order valence-electron chi connectivity index (χ3n) is 3.17. The number of nitrogens with one attached hydrogen (secondary N) is 2. The van der Waals surface area contributed by atoms with E-state index in [0.29, 0.717) is 32.2 Å². The smallest absolute Gasteiger partial charge is 0.218 e. The number of halogens is 1. The molecule has 6 nitrogen and oxygen atoms in total. The molecule has 2 aromatic rings. The van der Waals surface area contributed by atoms with Gasteiger partial charge in [-0.1, -0.05) is 6.07 Å². The monoisotopic (exact) mass is 476 g/mol. The predicted molar refractivity (Wildman–Crippen MR) is 113 cm³/mol. The van der Waals surface area contributed by atoms with Gasteiger partial charge in [0.25, 0.3) is 0 Å². The molecule has 2 rings (SSSR count). The molecule has 0 spiro atoms. The van der Waals surface area contributed by atoms with E-state index in [9.17, 15) is 0 Å². The van der Waals surface area contributed by atoms with E-state index in [2.05, 4.69) is 37.4 Å². The zero-order chi connectivity index (χ0) is 17.0. The summed E-state index contributed by atoms with van der Waals surface area (Å²) in [6.45, 7) is 5.11. The zero-order valence-electron chi connectivity index (χ0n) is 14.5. The lowest BCUT2D eigenvalue weighted by atomic mass is 10.2. The Morgan fingerprint density at radius 3 is 2.88 bits per heavy atom. The Kier molecular flexibility index (Phi) is 11.2. The highest BCUT2D eigenvalue weighted by Gasteiger charge is 2.06. The molecule has 2 N–H and O–H groups in total. The maximum absolute atomic E-state index is 5.65.